The van der Waals surface area contributed by atoms with Crippen molar-refractivity contribution >= 4 is 11.7 Å². The Morgan fingerprint density at radius 3 is 2.72 bits per heavy atom. The van der Waals surface area contributed by atoms with E-state index >= 15 is 0 Å². The van der Waals surface area contributed by atoms with Crippen LogP contribution in [0.1, 0.15) is 21.6 Å². The number of furan rings is 1. The van der Waals surface area contributed by atoms with Crippen LogP contribution in [-0.2, 0) is 6.54 Å². The van der Waals surface area contributed by atoms with Gasteiger partial charge in [0.2, 0.25) is 0 Å². The van der Waals surface area contributed by atoms with Gasteiger partial charge < -0.3 is 14.6 Å². The SMILES string of the molecule is Cc1nc(-c2ccco2)ccc1C(=O)NCc1cccnc1N(C)C. The zero-order chi connectivity index (χ0) is 17.8. The molecule has 0 aliphatic rings. The number of hydrogen-bond donors (Lipinski definition) is 1. The smallest absolute Gasteiger partial charge is 0.253 e. The van der Waals surface area contributed by atoms with Crippen molar-refractivity contribution in [2.24, 2.45) is 0 Å². The lowest BCUT2D eigenvalue weighted by Gasteiger charge is -2.16. The molecule has 0 fully saturated rings. The maximum Gasteiger partial charge on any atom is 0.253 e. The first-order valence-electron chi connectivity index (χ1n) is 7.97. The van der Waals surface area contributed by atoms with Crippen LogP contribution in [0.25, 0.3) is 11.5 Å². The van der Waals surface area contributed by atoms with Gasteiger partial charge in [-0.25, -0.2) is 9.97 Å². The summed E-state index contributed by atoms with van der Waals surface area (Å²) in [6.07, 6.45) is 3.34. The van der Waals surface area contributed by atoms with Gasteiger partial charge in [0.25, 0.3) is 5.91 Å². The molecule has 3 aromatic heterocycles. The summed E-state index contributed by atoms with van der Waals surface area (Å²) in [5.41, 5.74) is 2.87. The maximum absolute atomic E-state index is 12.5. The minimum Gasteiger partial charge on any atom is -0.463 e. The minimum atomic E-state index is -0.162. The first-order chi connectivity index (χ1) is 12.1. The fourth-order valence-electron chi connectivity index (χ4n) is 2.60. The summed E-state index contributed by atoms with van der Waals surface area (Å²) in [5, 5.41) is 2.94. The Hall–Kier alpha value is -3.15. The molecule has 0 saturated carbocycles. The number of nitrogens with zero attached hydrogens (tertiary/aromatic N) is 3. The van der Waals surface area contributed by atoms with Gasteiger partial charge in [-0.05, 0) is 37.3 Å². The van der Waals surface area contributed by atoms with E-state index in [1.807, 2.05) is 50.2 Å². The second-order valence-electron chi connectivity index (χ2n) is 5.87. The third-order valence-electron chi connectivity index (χ3n) is 3.83. The molecule has 0 spiro atoms. The highest BCUT2D eigenvalue weighted by molar-refractivity contribution is 5.95. The van der Waals surface area contributed by atoms with Crippen LogP contribution in [0.5, 0.6) is 0 Å². The van der Waals surface area contributed by atoms with Gasteiger partial charge in [0.05, 0.1) is 17.5 Å². The predicted octanol–water partition coefficient (Wildman–Crippen LogP) is 3.04. The highest BCUT2D eigenvalue weighted by Gasteiger charge is 2.13. The monoisotopic (exact) mass is 336 g/mol. The zero-order valence-corrected chi connectivity index (χ0v) is 14.5. The number of aromatic nitrogens is 2. The number of carbonyl (C=O) groups excluding carboxylic acids is 1. The van der Waals surface area contributed by atoms with E-state index in [1.165, 1.54) is 0 Å². The Labute approximate surface area is 146 Å². The summed E-state index contributed by atoms with van der Waals surface area (Å²) in [6, 6.07) is 11.0. The van der Waals surface area contributed by atoms with E-state index < -0.39 is 0 Å². The van der Waals surface area contributed by atoms with Crippen molar-refractivity contribution in [3.63, 3.8) is 0 Å². The molecule has 0 radical (unpaired) electrons. The van der Waals surface area contributed by atoms with Gasteiger partial charge in [-0.3, -0.25) is 4.79 Å². The summed E-state index contributed by atoms with van der Waals surface area (Å²) in [6.45, 7) is 2.22. The van der Waals surface area contributed by atoms with Crippen molar-refractivity contribution < 1.29 is 9.21 Å². The fraction of sp³-hybridized carbons (Fsp3) is 0.211. The van der Waals surface area contributed by atoms with E-state index in [2.05, 4.69) is 15.3 Å². The van der Waals surface area contributed by atoms with Gasteiger partial charge in [-0.2, -0.15) is 0 Å². The third kappa shape index (κ3) is 3.68. The molecule has 0 atom stereocenters. The fourth-order valence-corrected chi connectivity index (χ4v) is 2.60. The van der Waals surface area contributed by atoms with E-state index in [0.29, 0.717) is 29.3 Å². The molecule has 6 nitrogen and oxygen atoms in total. The van der Waals surface area contributed by atoms with Crippen LogP contribution < -0.4 is 10.2 Å². The number of amides is 1. The van der Waals surface area contributed by atoms with Crippen LogP contribution in [0.15, 0.2) is 53.3 Å². The van der Waals surface area contributed by atoms with Crippen molar-refractivity contribution in [3.05, 3.63) is 65.7 Å². The topological polar surface area (TPSA) is 71.3 Å². The molecule has 0 aliphatic carbocycles. The lowest BCUT2D eigenvalue weighted by molar-refractivity contribution is 0.0950. The van der Waals surface area contributed by atoms with Crippen molar-refractivity contribution in [2.75, 3.05) is 19.0 Å². The highest BCUT2D eigenvalue weighted by atomic mass is 16.3. The molecule has 0 saturated heterocycles. The Morgan fingerprint density at radius 2 is 2.04 bits per heavy atom. The van der Waals surface area contributed by atoms with Gasteiger partial charge in [0.1, 0.15) is 11.5 Å². The zero-order valence-electron chi connectivity index (χ0n) is 14.5. The molecule has 0 aromatic carbocycles. The van der Waals surface area contributed by atoms with Crippen LogP contribution >= 0.6 is 0 Å². The van der Waals surface area contributed by atoms with Gasteiger partial charge in [0, 0.05) is 32.4 Å². The third-order valence-corrected chi connectivity index (χ3v) is 3.83. The van der Waals surface area contributed by atoms with Gasteiger partial charge in [0.15, 0.2) is 5.76 Å². The summed E-state index contributed by atoms with van der Waals surface area (Å²) >= 11 is 0. The van der Waals surface area contributed by atoms with Crippen LogP contribution in [0, 0.1) is 6.92 Å². The highest BCUT2D eigenvalue weighted by Crippen LogP contribution is 2.19. The number of hydrogen-bond acceptors (Lipinski definition) is 5. The standard InChI is InChI=1S/C19H20N4O2/c1-13-15(8-9-16(22-13)17-7-5-11-25-17)19(24)21-12-14-6-4-10-20-18(14)23(2)3/h4-11H,12H2,1-3H3,(H,21,24). The van der Waals surface area contributed by atoms with E-state index in [1.54, 1.807) is 24.6 Å². The molecule has 25 heavy (non-hydrogen) atoms. The summed E-state index contributed by atoms with van der Waals surface area (Å²) < 4.78 is 5.34. The van der Waals surface area contributed by atoms with Crippen LogP contribution in [-0.4, -0.2) is 30.0 Å². The maximum atomic E-state index is 12.5. The summed E-state index contributed by atoms with van der Waals surface area (Å²) in [4.78, 5) is 23.2. The quantitative estimate of drug-likeness (QED) is 0.775. The van der Waals surface area contributed by atoms with E-state index in [-0.39, 0.29) is 5.91 Å². The summed E-state index contributed by atoms with van der Waals surface area (Å²) in [5.74, 6) is 1.36. The van der Waals surface area contributed by atoms with Crippen LogP contribution in [0.3, 0.4) is 0 Å². The largest absolute Gasteiger partial charge is 0.463 e. The summed E-state index contributed by atoms with van der Waals surface area (Å²) in [7, 11) is 3.85. The Balaban J connectivity index is 1.74. The average Bonchev–Trinajstić information content (AvgIpc) is 3.14. The van der Waals surface area contributed by atoms with Gasteiger partial charge in [-0.1, -0.05) is 6.07 Å². The Kier molecular flexibility index (Phi) is 4.79. The number of rotatable bonds is 5. The molecule has 128 valence electrons. The molecule has 3 heterocycles. The van der Waals surface area contributed by atoms with E-state index in [9.17, 15) is 4.79 Å². The van der Waals surface area contributed by atoms with E-state index in [4.69, 9.17) is 4.42 Å². The number of nitrogens with one attached hydrogen (secondary N) is 1. The van der Waals surface area contributed by atoms with Gasteiger partial charge in [-0.15, -0.1) is 0 Å². The van der Waals surface area contributed by atoms with Crippen molar-refractivity contribution in [2.45, 2.75) is 13.5 Å². The molecule has 0 unspecified atom stereocenters. The van der Waals surface area contributed by atoms with E-state index in [0.717, 1.165) is 11.4 Å². The Bertz CT molecular complexity index is 873. The van der Waals surface area contributed by atoms with Crippen molar-refractivity contribution in [3.8, 4) is 11.5 Å². The average molecular weight is 336 g/mol. The first kappa shape index (κ1) is 16.7. The number of carbonyl (C=O) groups is 1. The van der Waals surface area contributed by atoms with Crippen LogP contribution in [0.2, 0.25) is 0 Å². The normalized spacial score (nSPS) is 10.5. The number of anilines is 1. The molecule has 0 aliphatic heterocycles. The molecule has 1 N–H and O–H groups in total. The predicted molar refractivity (Wildman–Crippen MR) is 96.4 cm³/mol. The first-order valence-corrected chi connectivity index (χ1v) is 7.97. The molecule has 0 bridgehead atoms. The molecule has 3 aromatic rings. The van der Waals surface area contributed by atoms with Crippen LogP contribution in [0.4, 0.5) is 5.82 Å². The number of pyridine rings is 2. The molecular formula is C19H20N4O2. The Morgan fingerprint density at radius 1 is 1.20 bits per heavy atom. The van der Waals surface area contributed by atoms with Gasteiger partial charge >= 0.3 is 0 Å². The van der Waals surface area contributed by atoms with Crippen molar-refractivity contribution in [1.29, 1.82) is 0 Å². The minimum absolute atomic E-state index is 0.162. The molecule has 1 amide bonds. The lowest BCUT2D eigenvalue weighted by atomic mass is 10.1. The second kappa shape index (κ2) is 7.17. The molecule has 3 rings (SSSR count). The van der Waals surface area contributed by atoms with Crippen molar-refractivity contribution in [1.82, 2.24) is 15.3 Å². The lowest BCUT2D eigenvalue weighted by Crippen LogP contribution is -2.25. The number of aryl methyl sites for hydroxylation is 1. The molecule has 6 heteroatoms. The second-order valence-corrected chi connectivity index (χ2v) is 5.87. The molecular weight excluding hydrogens is 316 g/mol.